The molecule has 0 saturated heterocycles. The zero-order valence-electron chi connectivity index (χ0n) is 10.8. The highest BCUT2D eigenvalue weighted by atomic mass is 35.5. The summed E-state index contributed by atoms with van der Waals surface area (Å²) in [6, 6.07) is 7.90. The van der Waals surface area contributed by atoms with Gasteiger partial charge in [0.15, 0.2) is 0 Å². The zero-order chi connectivity index (χ0) is 14.5. The summed E-state index contributed by atoms with van der Waals surface area (Å²) in [6.45, 7) is 0.104. The topological polar surface area (TPSA) is 33.5 Å². The minimum absolute atomic E-state index is 0.104. The molecular formula is C15H13ClFNO2. The first kappa shape index (κ1) is 14.3. The summed E-state index contributed by atoms with van der Waals surface area (Å²) in [4.78, 5) is 13.3. The van der Waals surface area contributed by atoms with Crippen molar-refractivity contribution in [1.29, 1.82) is 0 Å². The molecule has 0 atom stereocenters. The molecule has 0 radical (unpaired) electrons. The summed E-state index contributed by atoms with van der Waals surface area (Å²) in [5, 5.41) is 0.305. The molecule has 5 heteroatoms. The van der Waals surface area contributed by atoms with Gasteiger partial charge < -0.3 is 9.32 Å². The number of likely N-dealkylation sites (N-methyl/N-ethyl adjacent to an activating group) is 1. The third-order valence-electron chi connectivity index (χ3n) is 2.77. The van der Waals surface area contributed by atoms with Crippen LogP contribution in [-0.2, 0) is 11.3 Å². The summed E-state index contributed by atoms with van der Waals surface area (Å²) in [5.74, 6) is -0.108. The fourth-order valence-corrected chi connectivity index (χ4v) is 1.89. The van der Waals surface area contributed by atoms with Crippen LogP contribution in [0.4, 0.5) is 4.39 Å². The average Bonchev–Trinajstić information content (AvgIpc) is 2.93. The van der Waals surface area contributed by atoms with Gasteiger partial charge in [-0.25, -0.2) is 4.39 Å². The van der Waals surface area contributed by atoms with Gasteiger partial charge in [-0.2, -0.15) is 0 Å². The number of halogens is 2. The van der Waals surface area contributed by atoms with Crippen LogP contribution in [0.3, 0.4) is 0 Å². The lowest BCUT2D eigenvalue weighted by Crippen LogP contribution is -2.24. The molecule has 0 unspecified atom stereocenters. The van der Waals surface area contributed by atoms with Crippen LogP contribution in [-0.4, -0.2) is 17.9 Å². The van der Waals surface area contributed by atoms with Gasteiger partial charge in [-0.3, -0.25) is 4.79 Å². The molecular weight excluding hydrogens is 281 g/mol. The number of carbonyl (C=O) groups excluding carboxylic acids is 1. The van der Waals surface area contributed by atoms with E-state index in [1.54, 1.807) is 31.3 Å². The van der Waals surface area contributed by atoms with Gasteiger partial charge in [0.25, 0.3) is 0 Å². The molecule has 1 amide bonds. The Kier molecular flexibility index (Phi) is 4.58. The maximum absolute atomic E-state index is 13.6. The number of nitrogens with zero attached hydrogens (tertiary/aromatic N) is 1. The van der Waals surface area contributed by atoms with Crippen LogP contribution in [0.15, 0.2) is 47.1 Å². The zero-order valence-corrected chi connectivity index (χ0v) is 11.6. The Balaban J connectivity index is 2.04. The van der Waals surface area contributed by atoms with E-state index in [2.05, 4.69) is 0 Å². The molecule has 0 aliphatic carbocycles. The van der Waals surface area contributed by atoms with Gasteiger partial charge in [-0.15, -0.1) is 0 Å². The molecule has 0 bridgehead atoms. The van der Waals surface area contributed by atoms with Gasteiger partial charge in [-0.05, 0) is 30.3 Å². The summed E-state index contributed by atoms with van der Waals surface area (Å²) in [6.07, 6.45) is 4.45. The number of hydrogen-bond donors (Lipinski definition) is 0. The summed E-state index contributed by atoms with van der Waals surface area (Å²) in [5.41, 5.74) is 0.302. The lowest BCUT2D eigenvalue weighted by atomic mass is 10.2. The van der Waals surface area contributed by atoms with E-state index < -0.39 is 5.82 Å². The van der Waals surface area contributed by atoms with Gasteiger partial charge in [-0.1, -0.05) is 17.7 Å². The van der Waals surface area contributed by atoms with Crippen molar-refractivity contribution in [2.24, 2.45) is 0 Å². The fraction of sp³-hybridized carbons (Fsp3) is 0.133. The molecule has 0 aliphatic heterocycles. The normalized spacial score (nSPS) is 10.9. The van der Waals surface area contributed by atoms with E-state index in [-0.39, 0.29) is 12.5 Å². The highest BCUT2D eigenvalue weighted by molar-refractivity contribution is 6.31. The molecule has 0 aliphatic rings. The number of benzene rings is 1. The van der Waals surface area contributed by atoms with Crippen molar-refractivity contribution < 1.29 is 13.6 Å². The Morgan fingerprint density at radius 3 is 2.85 bits per heavy atom. The van der Waals surface area contributed by atoms with Gasteiger partial charge in [0.1, 0.15) is 11.6 Å². The molecule has 0 saturated carbocycles. The van der Waals surface area contributed by atoms with E-state index >= 15 is 0 Å². The Labute approximate surface area is 121 Å². The number of hydrogen-bond acceptors (Lipinski definition) is 2. The Morgan fingerprint density at radius 2 is 2.20 bits per heavy atom. The Hall–Kier alpha value is -2.07. The van der Waals surface area contributed by atoms with E-state index in [0.717, 1.165) is 0 Å². The van der Waals surface area contributed by atoms with Crippen LogP contribution in [0.5, 0.6) is 0 Å². The maximum atomic E-state index is 13.6. The first-order chi connectivity index (χ1) is 9.58. The van der Waals surface area contributed by atoms with Gasteiger partial charge >= 0.3 is 0 Å². The third kappa shape index (κ3) is 3.48. The summed E-state index contributed by atoms with van der Waals surface area (Å²) < 4.78 is 18.7. The van der Waals surface area contributed by atoms with Crippen molar-refractivity contribution in [3.63, 3.8) is 0 Å². The minimum Gasteiger partial charge on any atom is -0.465 e. The quantitative estimate of drug-likeness (QED) is 0.805. The molecule has 0 N–H and O–H groups in total. The average molecular weight is 294 g/mol. The molecule has 104 valence electrons. The van der Waals surface area contributed by atoms with Gasteiger partial charge in [0.05, 0.1) is 6.26 Å². The van der Waals surface area contributed by atoms with Crippen LogP contribution >= 0.6 is 11.6 Å². The van der Waals surface area contributed by atoms with Crippen molar-refractivity contribution in [3.05, 3.63) is 64.8 Å². The molecule has 1 heterocycles. The monoisotopic (exact) mass is 293 g/mol. The second-order valence-corrected chi connectivity index (χ2v) is 4.65. The fourth-order valence-electron chi connectivity index (χ4n) is 1.67. The molecule has 20 heavy (non-hydrogen) atoms. The highest BCUT2D eigenvalue weighted by Gasteiger charge is 2.12. The Bertz CT molecular complexity index is 603. The van der Waals surface area contributed by atoms with E-state index in [1.807, 2.05) is 0 Å². The number of carbonyl (C=O) groups is 1. The molecule has 2 rings (SSSR count). The Morgan fingerprint density at radius 1 is 1.40 bits per heavy atom. The SMILES string of the molecule is CN(Cc1c(F)cccc1Cl)C(=O)C=Cc1ccco1. The molecule has 2 aromatic rings. The molecule has 0 spiro atoms. The van der Waals surface area contributed by atoms with E-state index in [0.29, 0.717) is 16.3 Å². The second-order valence-electron chi connectivity index (χ2n) is 4.24. The van der Waals surface area contributed by atoms with Crippen LogP contribution in [0, 0.1) is 5.82 Å². The first-order valence-electron chi connectivity index (χ1n) is 5.97. The summed E-state index contributed by atoms with van der Waals surface area (Å²) in [7, 11) is 1.58. The standard InChI is InChI=1S/C15H13ClFNO2/c1-18(10-12-13(16)5-2-6-14(12)17)15(19)8-7-11-4-3-9-20-11/h2-9H,10H2,1H3. The second kappa shape index (κ2) is 6.39. The van der Waals surface area contributed by atoms with Crippen molar-refractivity contribution in [2.45, 2.75) is 6.54 Å². The predicted octanol–water partition coefficient (Wildman–Crippen LogP) is 3.74. The smallest absolute Gasteiger partial charge is 0.246 e. The van der Waals surface area contributed by atoms with E-state index in [9.17, 15) is 9.18 Å². The number of amides is 1. The van der Waals surface area contributed by atoms with Crippen molar-refractivity contribution >= 4 is 23.6 Å². The van der Waals surface area contributed by atoms with Crippen molar-refractivity contribution in [3.8, 4) is 0 Å². The molecule has 0 fully saturated rings. The molecule has 3 nitrogen and oxygen atoms in total. The molecule has 1 aromatic heterocycles. The van der Waals surface area contributed by atoms with Crippen LogP contribution < -0.4 is 0 Å². The number of rotatable bonds is 4. The number of furan rings is 1. The van der Waals surface area contributed by atoms with Crippen molar-refractivity contribution in [2.75, 3.05) is 7.05 Å². The summed E-state index contributed by atoms with van der Waals surface area (Å²) >= 11 is 5.93. The predicted molar refractivity (Wildman–Crippen MR) is 75.6 cm³/mol. The largest absolute Gasteiger partial charge is 0.465 e. The lowest BCUT2D eigenvalue weighted by molar-refractivity contribution is -0.125. The van der Waals surface area contributed by atoms with Crippen LogP contribution in [0.25, 0.3) is 6.08 Å². The first-order valence-corrected chi connectivity index (χ1v) is 6.35. The maximum Gasteiger partial charge on any atom is 0.246 e. The minimum atomic E-state index is -0.424. The lowest BCUT2D eigenvalue weighted by Gasteiger charge is -2.16. The van der Waals surface area contributed by atoms with E-state index in [1.165, 1.54) is 29.4 Å². The van der Waals surface area contributed by atoms with Gasteiger partial charge in [0, 0.05) is 30.3 Å². The highest BCUT2D eigenvalue weighted by Crippen LogP contribution is 2.20. The third-order valence-corrected chi connectivity index (χ3v) is 3.12. The van der Waals surface area contributed by atoms with E-state index in [4.69, 9.17) is 16.0 Å². The van der Waals surface area contributed by atoms with Crippen molar-refractivity contribution in [1.82, 2.24) is 4.90 Å². The van der Waals surface area contributed by atoms with Crippen LogP contribution in [0.2, 0.25) is 5.02 Å². The van der Waals surface area contributed by atoms with Crippen LogP contribution in [0.1, 0.15) is 11.3 Å². The van der Waals surface area contributed by atoms with Gasteiger partial charge in [0.2, 0.25) is 5.91 Å². The molecule has 1 aromatic carbocycles.